The minimum Gasteiger partial charge on any atom is -0.456 e. The SMILES string of the molecule is Nc1ncc(-c2cncc3cc(/C=C4\SC(=O)NC4=O)oc23)cn1. The molecular weight excluding hydrogens is 330 g/mol. The van der Waals surface area contributed by atoms with E-state index in [0.29, 0.717) is 22.5 Å². The predicted octanol–water partition coefficient (Wildman–Crippen LogP) is 2.19. The first-order chi connectivity index (χ1) is 11.6. The van der Waals surface area contributed by atoms with Gasteiger partial charge in [0.25, 0.3) is 11.1 Å². The Labute approximate surface area is 139 Å². The zero-order chi connectivity index (χ0) is 16.7. The fourth-order valence-corrected chi connectivity index (χ4v) is 2.95. The van der Waals surface area contributed by atoms with Gasteiger partial charge >= 0.3 is 0 Å². The van der Waals surface area contributed by atoms with E-state index < -0.39 is 11.1 Å². The van der Waals surface area contributed by atoms with E-state index in [1.54, 1.807) is 30.9 Å². The minimum atomic E-state index is -0.435. The number of thioether (sulfide) groups is 1. The lowest BCUT2D eigenvalue weighted by Gasteiger charge is -2.01. The molecule has 1 aliphatic rings. The van der Waals surface area contributed by atoms with Crippen molar-refractivity contribution in [1.82, 2.24) is 20.3 Å². The number of pyridine rings is 1. The number of fused-ring (bicyclic) bond motifs is 1. The van der Waals surface area contributed by atoms with Crippen molar-refractivity contribution in [3.63, 3.8) is 0 Å². The van der Waals surface area contributed by atoms with Gasteiger partial charge in [0.1, 0.15) is 11.3 Å². The molecule has 4 heterocycles. The van der Waals surface area contributed by atoms with E-state index in [1.807, 2.05) is 0 Å². The van der Waals surface area contributed by atoms with Crippen molar-refractivity contribution in [3.8, 4) is 11.1 Å². The van der Waals surface area contributed by atoms with Gasteiger partial charge in [-0.05, 0) is 17.8 Å². The third-order valence-corrected chi connectivity index (χ3v) is 4.15. The molecule has 0 radical (unpaired) electrons. The van der Waals surface area contributed by atoms with Gasteiger partial charge in [-0.2, -0.15) is 0 Å². The molecular formula is C15H9N5O3S. The van der Waals surface area contributed by atoms with Crippen molar-refractivity contribution >= 4 is 45.9 Å². The molecule has 0 spiro atoms. The van der Waals surface area contributed by atoms with Crippen LogP contribution in [0.25, 0.3) is 28.2 Å². The van der Waals surface area contributed by atoms with Crippen LogP contribution in [0.2, 0.25) is 0 Å². The Morgan fingerprint density at radius 2 is 1.96 bits per heavy atom. The van der Waals surface area contributed by atoms with Crippen LogP contribution in [0.1, 0.15) is 5.76 Å². The molecule has 3 aromatic rings. The van der Waals surface area contributed by atoms with Crippen molar-refractivity contribution in [3.05, 3.63) is 41.5 Å². The van der Waals surface area contributed by atoms with Crippen molar-refractivity contribution in [2.45, 2.75) is 0 Å². The van der Waals surface area contributed by atoms with Crippen LogP contribution < -0.4 is 11.1 Å². The Kier molecular flexibility index (Phi) is 3.28. The second-order valence-electron chi connectivity index (χ2n) is 4.94. The number of aromatic nitrogens is 3. The number of carbonyl (C=O) groups excluding carboxylic acids is 2. The molecule has 0 atom stereocenters. The molecule has 3 N–H and O–H groups in total. The fraction of sp³-hybridized carbons (Fsp3) is 0. The summed E-state index contributed by atoms with van der Waals surface area (Å²) in [4.78, 5) is 35.2. The number of furan rings is 1. The van der Waals surface area contributed by atoms with Crippen LogP contribution in [0.4, 0.5) is 10.7 Å². The first-order valence-electron chi connectivity index (χ1n) is 6.80. The summed E-state index contributed by atoms with van der Waals surface area (Å²) < 4.78 is 5.82. The number of imide groups is 1. The molecule has 0 bridgehead atoms. The highest BCUT2D eigenvalue weighted by Gasteiger charge is 2.25. The number of rotatable bonds is 2. The number of nitrogen functional groups attached to an aromatic ring is 1. The van der Waals surface area contributed by atoms with Gasteiger partial charge < -0.3 is 10.2 Å². The van der Waals surface area contributed by atoms with Crippen molar-refractivity contribution in [1.29, 1.82) is 0 Å². The van der Waals surface area contributed by atoms with Gasteiger partial charge in [0.05, 0.1) is 4.91 Å². The molecule has 8 nitrogen and oxygen atoms in total. The predicted molar refractivity (Wildman–Crippen MR) is 88.6 cm³/mol. The molecule has 9 heteroatoms. The van der Waals surface area contributed by atoms with Gasteiger partial charge in [-0.1, -0.05) is 0 Å². The van der Waals surface area contributed by atoms with Crippen LogP contribution >= 0.6 is 11.8 Å². The summed E-state index contributed by atoms with van der Waals surface area (Å²) in [6.07, 6.45) is 7.97. The number of nitrogens with one attached hydrogen (secondary N) is 1. The Morgan fingerprint density at radius 1 is 1.17 bits per heavy atom. The smallest absolute Gasteiger partial charge is 0.290 e. The molecule has 118 valence electrons. The molecule has 0 saturated carbocycles. The lowest BCUT2D eigenvalue weighted by molar-refractivity contribution is -0.115. The van der Waals surface area contributed by atoms with Crippen LogP contribution in [-0.4, -0.2) is 26.1 Å². The van der Waals surface area contributed by atoms with Crippen molar-refractivity contribution in [2.24, 2.45) is 0 Å². The standard InChI is InChI=1S/C15H9N5O3S/c16-14-18-4-8(5-19-14)10-6-17-3-7-1-9(23-12(7)10)2-11-13(21)20-15(22)24-11/h1-6H,(H2,16,18,19)(H,20,21,22)/b11-2-. The lowest BCUT2D eigenvalue weighted by atomic mass is 10.1. The number of amides is 2. The molecule has 24 heavy (non-hydrogen) atoms. The molecule has 1 fully saturated rings. The van der Waals surface area contributed by atoms with Crippen LogP contribution in [-0.2, 0) is 4.79 Å². The first-order valence-corrected chi connectivity index (χ1v) is 7.62. The summed E-state index contributed by atoms with van der Waals surface area (Å²) in [5.41, 5.74) is 7.50. The van der Waals surface area contributed by atoms with Gasteiger partial charge in [0.15, 0.2) is 0 Å². The van der Waals surface area contributed by atoms with Crippen LogP contribution in [0.5, 0.6) is 0 Å². The van der Waals surface area contributed by atoms with Crippen LogP contribution in [0.15, 0.2) is 40.2 Å². The van der Waals surface area contributed by atoms with Crippen molar-refractivity contribution < 1.29 is 14.0 Å². The minimum absolute atomic E-state index is 0.178. The van der Waals surface area contributed by atoms with Gasteiger partial charge in [-0.3, -0.25) is 19.9 Å². The summed E-state index contributed by atoms with van der Waals surface area (Å²) in [6.45, 7) is 0. The Morgan fingerprint density at radius 3 is 2.67 bits per heavy atom. The van der Waals surface area contributed by atoms with E-state index in [4.69, 9.17) is 10.2 Å². The lowest BCUT2D eigenvalue weighted by Crippen LogP contribution is -2.17. The molecule has 0 aliphatic carbocycles. The van der Waals surface area contributed by atoms with Gasteiger partial charge in [-0.25, -0.2) is 9.97 Å². The number of nitrogens with two attached hydrogens (primary N) is 1. The highest BCUT2D eigenvalue weighted by molar-refractivity contribution is 8.18. The van der Waals surface area contributed by atoms with E-state index in [1.165, 1.54) is 6.08 Å². The Balaban J connectivity index is 1.80. The normalized spacial score (nSPS) is 16.1. The summed E-state index contributed by atoms with van der Waals surface area (Å²) in [7, 11) is 0. The van der Waals surface area contributed by atoms with Crippen molar-refractivity contribution in [2.75, 3.05) is 5.73 Å². The molecule has 1 saturated heterocycles. The molecule has 2 amide bonds. The zero-order valence-electron chi connectivity index (χ0n) is 12.0. The maximum atomic E-state index is 11.6. The molecule has 1 aliphatic heterocycles. The topological polar surface area (TPSA) is 124 Å². The fourth-order valence-electron chi connectivity index (χ4n) is 2.29. The second-order valence-corrected chi connectivity index (χ2v) is 5.95. The first kappa shape index (κ1) is 14.4. The zero-order valence-corrected chi connectivity index (χ0v) is 12.8. The third kappa shape index (κ3) is 2.50. The number of hydrogen-bond donors (Lipinski definition) is 2. The number of carbonyl (C=O) groups is 2. The van der Waals surface area contributed by atoms with E-state index in [-0.39, 0.29) is 10.9 Å². The highest BCUT2D eigenvalue weighted by Crippen LogP contribution is 2.32. The molecule has 0 aromatic carbocycles. The van der Waals surface area contributed by atoms with E-state index in [0.717, 1.165) is 17.1 Å². The highest BCUT2D eigenvalue weighted by atomic mass is 32.2. The summed E-state index contributed by atoms with van der Waals surface area (Å²) >= 11 is 0.833. The van der Waals surface area contributed by atoms with Crippen LogP contribution in [0, 0.1) is 0 Å². The second kappa shape index (κ2) is 5.46. The average Bonchev–Trinajstić information content (AvgIpc) is 3.10. The molecule has 0 unspecified atom stereocenters. The average molecular weight is 339 g/mol. The Hall–Kier alpha value is -3.20. The summed E-state index contributed by atoms with van der Waals surface area (Å²) in [6, 6.07) is 1.74. The summed E-state index contributed by atoms with van der Waals surface area (Å²) in [5, 5.41) is 2.55. The Bertz CT molecular complexity index is 1010. The van der Waals surface area contributed by atoms with Gasteiger partial charge in [-0.15, -0.1) is 0 Å². The number of nitrogens with zero attached hydrogens (tertiary/aromatic N) is 3. The third-order valence-electron chi connectivity index (χ3n) is 3.34. The van der Waals surface area contributed by atoms with Crippen LogP contribution in [0.3, 0.4) is 0 Å². The van der Waals surface area contributed by atoms with Gasteiger partial charge in [0, 0.05) is 47.4 Å². The number of hydrogen-bond acceptors (Lipinski definition) is 8. The van der Waals surface area contributed by atoms with E-state index in [2.05, 4.69) is 20.3 Å². The van der Waals surface area contributed by atoms with Gasteiger partial charge in [0.2, 0.25) is 5.95 Å². The monoisotopic (exact) mass is 339 g/mol. The molecule has 3 aromatic heterocycles. The molecule has 4 rings (SSSR count). The summed E-state index contributed by atoms with van der Waals surface area (Å²) in [5.74, 6) is 0.191. The van der Waals surface area contributed by atoms with E-state index >= 15 is 0 Å². The largest absolute Gasteiger partial charge is 0.456 e. The number of anilines is 1. The van der Waals surface area contributed by atoms with E-state index in [9.17, 15) is 9.59 Å². The maximum absolute atomic E-state index is 11.6. The quantitative estimate of drug-likeness (QED) is 0.681. The maximum Gasteiger partial charge on any atom is 0.290 e.